The van der Waals surface area contributed by atoms with Crippen molar-refractivity contribution in [1.29, 1.82) is 0 Å². The second kappa shape index (κ2) is 8.38. The van der Waals surface area contributed by atoms with Crippen molar-refractivity contribution in [2.24, 2.45) is 0 Å². The average molecular weight is 481 g/mol. The van der Waals surface area contributed by atoms with Gasteiger partial charge in [0, 0.05) is 10.6 Å². The number of fused-ring (bicyclic) bond motifs is 1. The largest absolute Gasteiger partial charge is 0.507 e. The number of halogens is 1. The summed E-state index contributed by atoms with van der Waals surface area (Å²) in [5.41, 5.74) is 0.947. The van der Waals surface area contributed by atoms with Crippen LogP contribution in [0.15, 0.2) is 70.9 Å². The van der Waals surface area contributed by atoms with Crippen LogP contribution in [0.2, 0.25) is 5.02 Å². The van der Waals surface area contributed by atoms with Crippen LogP contribution < -0.4 is 9.64 Å². The highest BCUT2D eigenvalue weighted by molar-refractivity contribution is 7.22. The minimum Gasteiger partial charge on any atom is -0.507 e. The van der Waals surface area contributed by atoms with E-state index in [2.05, 4.69) is 4.98 Å². The van der Waals surface area contributed by atoms with Gasteiger partial charge in [-0.2, -0.15) is 0 Å². The molecule has 4 aromatic rings. The van der Waals surface area contributed by atoms with Crippen molar-refractivity contribution >= 4 is 55.7 Å². The lowest BCUT2D eigenvalue weighted by molar-refractivity contribution is -0.132. The number of rotatable bonds is 5. The Bertz CT molecular complexity index is 1390. The number of ketones is 1. The lowest BCUT2D eigenvalue weighted by atomic mass is 9.99. The topological polar surface area (TPSA) is 92.9 Å². The van der Waals surface area contributed by atoms with Gasteiger partial charge in [-0.05, 0) is 61.5 Å². The highest BCUT2D eigenvalue weighted by Gasteiger charge is 2.49. The van der Waals surface area contributed by atoms with E-state index in [-0.39, 0.29) is 11.3 Å². The number of anilines is 1. The summed E-state index contributed by atoms with van der Waals surface area (Å²) in [6.45, 7) is 2.42. The van der Waals surface area contributed by atoms with Gasteiger partial charge in [0.2, 0.25) is 0 Å². The Kier molecular flexibility index (Phi) is 5.39. The van der Waals surface area contributed by atoms with Crippen molar-refractivity contribution in [3.63, 3.8) is 0 Å². The molecule has 0 spiro atoms. The monoisotopic (exact) mass is 480 g/mol. The van der Waals surface area contributed by atoms with Crippen LogP contribution in [0, 0.1) is 0 Å². The SMILES string of the molecule is CCOc1ccc2nc(N3C(=O)C(=O)/C(=C(/O)c4ccc(Cl)cc4)C3c3ccco3)sc2c1. The molecule has 1 saturated heterocycles. The van der Waals surface area contributed by atoms with E-state index in [1.54, 1.807) is 48.5 Å². The van der Waals surface area contributed by atoms with Gasteiger partial charge in [0.1, 0.15) is 23.3 Å². The molecule has 2 aromatic heterocycles. The number of aliphatic hydroxyl groups is 1. The van der Waals surface area contributed by atoms with Gasteiger partial charge in [0.15, 0.2) is 5.13 Å². The first-order valence-electron chi connectivity index (χ1n) is 10.1. The summed E-state index contributed by atoms with van der Waals surface area (Å²) in [5.74, 6) is -0.908. The summed E-state index contributed by atoms with van der Waals surface area (Å²) in [7, 11) is 0. The molecular formula is C24H17ClN2O5S. The normalized spacial score (nSPS) is 17.8. The molecule has 1 fully saturated rings. The number of carbonyl (C=O) groups excluding carboxylic acids is 2. The summed E-state index contributed by atoms with van der Waals surface area (Å²) in [6, 6.07) is 14.1. The molecule has 3 heterocycles. The number of hydrogen-bond donors (Lipinski definition) is 1. The van der Waals surface area contributed by atoms with Crippen molar-refractivity contribution in [3.8, 4) is 5.75 Å². The molecule has 7 nitrogen and oxygen atoms in total. The van der Waals surface area contributed by atoms with Gasteiger partial charge in [-0.15, -0.1) is 0 Å². The van der Waals surface area contributed by atoms with Crippen molar-refractivity contribution < 1.29 is 23.8 Å². The molecule has 33 heavy (non-hydrogen) atoms. The summed E-state index contributed by atoms with van der Waals surface area (Å²) < 4.78 is 11.9. The number of ether oxygens (including phenoxy) is 1. The zero-order chi connectivity index (χ0) is 23.1. The minimum atomic E-state index is -0.970. The molecule has 0 aliphatic carbocycles. The van der Waals surface area contributed by atoms with Crippen LogP contribution in [0.4, 0.5) is 5.13 Å². The molecule has 1 aliphatic heterocycles. The van der Waals surface area contributed by atoms with E-state index in [0.29, 0.717) is 39.4 Å². The van der Waals surface area contributed by atoms with Crippen LogP contribution in [0.25, 0.3) is 16.0 Å². The second-order valence-corrected chi connectivity index (χ2v) is 8.70. The maximum absolute atomic E-state index is 13.2. The van der Waals surface area contributed by atoms with E-state index < -0.39 is 17.7 Å². The number of aliphatic hydroxyl groups excluding tert-OH is 1. The number of Topliss-reactive ketones (excluding diaryl/α,β-unsaturated/α-hetero) is 1. The van der Waals surface area contributed by atoms with Crippen molar-refractivity contribution in [3.05, 3.63) is 82.8 Å². The molecule has 5 rings (SSSR count). The summed E-state index contributed by atoms with van der Waals surface area (Å²) >= 11 is 7.20. The first kappa shape index (κ1) is 21.2. The second-order valence-electron chi connectivity index (χ2n) is 7.25. The predicted molar refractivity (Wildman–Crippen MR) is 126 cm³/mol. The van der Waals surface area contributed by atoms with Gasteiger partial charge < -0.3 is 14.3 Å². The van der Waals surface area contributed by atoms with E-state index in [1.807, 2.05) is 13.0 Å². The third-order valence-electron chi connectivity index (χ3n) is 5.24. The summed E-state index contributed by atoms with van der Waals surface area (Å²) in [4.78, 5) is 32.1. The number of thiazole rings is 1. The third-order valence-corrected chi connectivity index (χ3v) is 6.51. The molecule has 0 radical (unpaired) electrons. The van der Waals surface area contributed by atoms with Crippen molar-refractivity contribution in [2.75, 3.05) is 11.5 Å². The molecule has 1 aliphatic rings. The average Bonchev–Trinajstić information content (AvgIpc) is 3.53. The number of benzene rings is 2. The van der Waals surface area contributed by atoms with E-state index in [1.165, 1.54) is 22.5 Å². The molecule has 0 saturated carbocycles. The summed E-state index contributed by atoms with van der Waals surface area (Å²) in [5, 5.41) is 11.8. The first-order valence-corrected chi connectivity index (χ1v) is 11.3. The number of hydrogen-bond acceptors (Lipinski definition) is 7. The number of carbonyl (C=O) groups is 2. The number of aromatic nitrogens is 1. The Morgan fingerprint density at radius 2 is 2.00 bits per heavy atom. The van der Waals surface area contributed by atoms with Crippen LogP contribution in [-0.2, 0) is 9.59 Å². The molecule has 2 aromatic carbocycles. The minimum absolute atomic E-state index is 0.0773. The standard InChI is InChI=1S/C24H17ClN2O5S/c1-2-31-15-9-10-16-18(12-15)33-24(26-16)27-20(17-4-3-11-32-17)19(22(29)23(27)30)21(28)13-5-7-14(25)8-6-13/h3-12,20,28H,2H2,1H3/b21-19+. The fraction of sp³-hybridized carbons (Fsp3) is 0.125. The maximum Gasteiger partial charge on any atom is 0.302 e. The molecular weight excluding hydrogens is 464 g/mol. The van der Waals surface area contributed by atoms with Gasteiger partial charge in [-0.1, -0.05) is 22.9 Å². The van der Waals surface area contributed by atoms with Gasteiger partial charge in [0.25, 0.3) is 5.78 Å². The van der Waals surface area contributed by atoms with E-state index >= 15 is 0 Å². The van der Waals surface area contributed by atoms with Gasteiger partial charge in [-0.3, -0.25) is 14.5 Å². The van der Waals surface area contributed by atoms with Crippen LogP contribution >= 0.6 is 22.9 Å². The van der Waals surface area contributed by atoms with Crippen LogP contribution in [0.1, 0.15) is 24.3 Å². The Balaban J connectivity index is 1.66. The molecule has 1 amide bonds. The fourth-order valence-corrected chi connectivity index (χ4v) is 4.91. The highest BCUT2D eigenvalue weighted by atomic mass is 35.5. The number of furan rings is 1. The number of nitrogens with zero attached hydrogens (tertiary/aromatic N) is 2. The molecule has 9 heteroatoms. The molecule has 0 bridgehead atoms. The molecule has 166 valence electrons. The Morgan fingerprint density at radius 3 is 2.70 bits per heavy atom. The lowest BCUT2D eigenvalue weighted by Crippen LogP contribution is -2.29. The third kappa shape index (κ3) is 3.67. The van der Waals surface area contributed by atoms with E-state index in [0.717, 1.165) is 4.70 Å². The Morgan fingerprint density at radius 1 is 1.21 bits per heavy atom. The zero-order valence-corrected chi connectivity index (χ0v) is 18.9. The van der Waals surface area contributed by atoms with Crippen LogP contribution in [0.3, 0.4) is 0 Å². The quantitative estimate of drug-likeness (QED) is 0.228. The van der Waals surface area contributed by atoms with E-state index in [4.69, 9.17) is 20.8 Å². The molecule has 1 unspecified atom stereocenters. The van der Waals surface area contributed by atoms with Gasteiger partial charge in [-0.25, -0.2) is 4.98 Å². The molecule has 1 atom stereocenters. The highest BCUT2D eigenvalue weighted by Crippen LogP contribution is 2.44. The summed E-state index contributed by atoms with van der Waals surface area (Å²) in [6.07, 6.45) is 1.45. The van der Waals surface area contributed by atoms with Gasteiger partial charge >= 0.3 is 5.91 Å². The Labute approximate surface area is 197 Å². The smallest absolute Gasteiger partial charge is 0.302 e. The Hall–Kier alpha value is -3.62. The van der Waals surface area contributed by atoms with Crippen LogP contribution in [-0.4, -0.2) is 28.4 Å². The first-order chi connectivity index (χ1) is 16.0. The molecule has 1 N–H and O–H groups in total. The predicted octanol–water partition coefficient (Wildman–Crippen LogP) is 5.57. The zero-order valence-electron chi connectivity index (χ0n) is 17.3. The number of amides is 1. The van der Waals surface area contributed by atoms with E-state index in [9.17, 15) is 14.7 Å². The van der Waals surface area contributed by atoms with Crippen molar-refractivity contribution in [2.45, 2.75) is 13.0 Å². The lowest BCUT2D eigenvalue weighted by Gasteiger charge is -2.20. The fourth-order valence-electron chi connectivity index (χ4n) is 3.76. The van der Waals surface area contributed by atoms with Crippen LogP contribution in [0.5, 0.6) is 5.75 Å². The van der Waals surface area contributed by atoms with Crippen molar-refractivity contribution in [1.82, 2.24) is 4.98 Å². The maximum atomic E-state index is 13.2. The van der Waals surface area contributed by atoms with Gasteiger partial charge in [0.05, 0.1) is 28.7 Å².